The fraction of sp³-hybridized carbons (Fsp3) is 0.462. The van der Waals surface area contributed by atoms with Gasteiger partial charge >= 0.3 is 0 Å². The SMILES string of the molecule is COCCOCC(=O)NCCc1cccc(Cl)c1. The fourth-order valence-electron chi connectivity index (χ4n) is 1.40. The molecule has 0 bridgehead atoms. The molecule has 0 aromatic heterocycles. The van der Waals surface area contributed by atoms with E-state index in [0.717, 1.165) is 12.0 Å². The highest BCUT2D eigenvalue weighted by molar-refractivity contribution is 6.30. The molecule has 0 aliphatic carbocycles. The Morgan fingerprint density at radius 2 is 2.22 bits per heavy atom. The third-order valence-corrected chi connectivity index (χ3v) is 2.52. The lowest BCUT2D eigenvalue weighted by Gasteiger charge is -2.06. The van der Waals surface area contributed by atoms with Gasteiger partial charge in [-0.3, -0.25) is 4.79 Å². The van der Waals surface area contributed by atoms with E-state index in [4.69, 9.17) is 21.1 Å². The summed E-state index contributed by atoms with van der Waals surface area (Å²) in [6, 6.07) is 7.59. The van der Waals surface area contributed by atoms with Crippen LogP contribution < -0.4 is 5.32 Å². The average molecular weight is 272 g/mol. The molecule has 0 heterocycles. The molecule has 4 nitrogen and oxygen atoms in total. The first kappa shape index (κ1) is 15.0. The van der Waals surface area contributed by atoms with Crippen molar-refractivity contribution in [1.29, 1.82) is 0 Å². The molecule has 1 rings (SSSR count). The Morgan fingerprint density at radius 3 is 2.94 bits per heavy atom. The molecule has 18 heavy (non-hydrogen) atoms. The second kappa shape index (κ2) is 8.91. The van der Waals surface area contributed by atoms with Crippen molar-refractivity contribution in [3.05, 3.63) is 34.9 Å². The van der Waals surface area contributed by atoms with Crippen molar-refractivity contribution < 1.29 is 14.3 Å². The zero-order chi connectivity index (χ0) is 13.2. The molecule has 1 amide bonds. The number of ether oxygens (including phenoxy) is 2. The Balaban J connectivity index is 2.12. The highest BCUT2D eigenvalue weighted by atomic mass is 35.5. The monoisotopic (exact) mass is 271 g/mol. The normalized spacial score (nSPS) is 10.3. The van der Waals surface area contributed by atoms with Crippen molar-refractivity contribution in [2.45, 2.75) is 6.42 Å². The molecule has 0 radical (unpaired) electrons. The minimum Gasteiger partial charge on any atom is -0.382 e. The lowest BCUT2D eigenvalue weighted by atomic mass is 10.1. The summed E-state index contributed by atoms with van der Waals surface area (Å²) in [5.74, 6) is -0.117. The Kier molecular flexibility index (Phi) is 7.41. The Morgan fingerprint density at radius 1 is 1.39 bits per heavy atom. The van der Waals surface area contributed by atoms with Crippen LogP contribution in [0.25, 0.3) is 0 Å². The quantitative estimate of drug-likeness (QED) is 0.732. The minimum atomic E-state index is -0.117. The van der Waals surface area contributed by atoms with E-state index < -0.39 is 0 Å². The van der Waals surface area contributed by atoms with Crippen LogP contribution in [0.1, 0.15) is 5.56 Å². The first-order chi connectivity index (χ1) is 8.72. The summed E-state index contributed by atoms with van der Waals surface area (Å²) in [5, 5.41) is 3.49. The molecule has 0 saturated heterocycles. The molecule has 0 unspecified atom stereocenters. The molecular weight excluding hydrogens is 254 g/mol. The minimum absolute atomic E-state index is 0.0684. The third-order valence-electron chi connectivity index (χ3n) is 2.29. The number of amides is 1. The van der Waals surface area contributed by atoms with Crippen molar-refractivity contribution in [2.24, 2.45) is 0 Å². The first-order valence-corrected chi connectivity index (χ1v) is 6.18. The van der Waals surface area contributed by atoms with E-state index >= 15 is 0 Å². The van der Waals surface area contributed by atoms with Gasteiger partial charge < -0.3 is 14.8 Å². The molecule has 100 valence electrons. The van der Waals surface area contributed by atoms with Crippen LogP contribution >= 0.6 is 11.6 Å². The van der Waals surface area contributed by atoms with Crippen molar-refractivity contribution in [2.75, 3.05) is 33.5 Å². The molecule has 0 saturated carbocycles. The van der Waals surface area contributed by atoms with E-state index in [9.17, 15) is 4.79 Å². The van der Waals surface area contributed by atoms with Crippen molar-refractivity contribution in [3.63, 3.8) is 0 Å². The van der Waals surface area contributed by atoms with Crippen LogP contribution in [-0.2, 0) is 20.7 Å². The first-order valence-electron chi connectivity index (χ1n) is 5.80. The predicted octanol–water partition coefficient (Wildman–Crippen LogP) is 1.66. The van der Waals surface area contributed by atoms with Crippen LogP contribution in [0.4, 0.5) is 0 Å². The molecular formula is C13H18ClNO3. The van der Waals surface area contributed by atoms with Gasteiger partial charge in [0.2, 0.25) is 5.91 Å². The van der Waals surface area contributed by atoms with Gasteiger partial charge in [0, 0.05) is 18.7 Å². The van der Waals surface area contributed by atoms with E-state index in [2.05, 4.69) is 5.32 Å². The van der Waals surface area contributed by atoms with E-state index in [1.165, 1.54) is 0 Å². The van der Waals surface area contributed by atoms with E-state index in [0.29, 0.717) is 24.8 Å². The van der Waals surface area contributed by atoms with Crippen LogP contribution in [0.5, 0.6) is 0 Å². The maximum absolute atomic E-state index is 11.4. The van der Waals surface area contributed by atoms with Crippen LogP contribution in [-0.4, -0.2) is 39.4 Å². The average Bonchev–Trinajstić information content (AvgIpc) is 2.35. The van der Waals surface area contributed by atoms with Crippen molar-refractivity contribution >= 4 is 17.5 Å². The maximum Gasteiger partial charge on any atom is 0.246 e. The van der Waals surface area contributed by atoms with Crippen LogP contribution in [0, 0.1) is 0 Å². The van der Waals surface area contributed by atoms with Crippen molar-refractivity contribution in [3.8, 4) is 0 Å². The zero-order valence-corrected chi connectivity index (χ0v) is 11.2. The van der Waals surface area contributed by atoms with Gasteiger partial charge in [-0.2, -0.15) is 0 Å². The van der Waals surface area contributed by atoms with Crippen LogP contribution in [0.3, 0.4) is 0 Å². The van der Waals surface area contributed by atoms with Crippen LogP contribution in [0.15, 0.2) is 24.3 Å². The van der Waals surface area contributed by atoms with Gasteiger partial charge in [0.25, 0.3) is 0 Å². The highest BCUT2D eigenvalue weighted by Crippen LogP contribution is 2.10. The zero-order valence-electron chi connectivity index (χ0n) is 10.4. The Bertz CT molecular complexity index is 371. The highest BCUT2D eigenvalue weighted by Gasteiger charge is 2.01. The second-order valence-electron chi connectivity index (χ2n) is 3.78. The topological polar surface area (TPSA) is 47.6 Å². The largest absolute Gasteiger partial charge is 0.382 e. The summed E-state index contributed by atoms with van der Waals surface area (Å²) >= 11 is 5.87. The number of rotatable bonds is 8. The molecule has 0 fully saturated rings. The summed E-state index contributed by atoms with van der Waals surface area (Å²) in [6.45, 7) is 1.57. The van der Waals surface area contributed by atoms with Crippen LogP contribution in [0.2, 0.25) is 5.02 Å². The van der Waals surface area contributed by atoms with E-state index in [-0.39, 0.29) is 12.5 Å². The summed E-state index contributed by atoms with van der Waals surface area (Å²) in [5.41, 5.74) is 1.10. The molecule has 0 aliphatic heterocycles. The Hall–Kier alpha value is -1.10. The van der Waals surface area contributed by atoms with E-state index in [1.54, 1.807) is 7.11 Å². The molecule has 1 aromatic carbocycles. The third kappa shape index (κ3) is 6.59. The lowest BCUT2D eigenvalue weighted by Crippen LogP contribution is -2.29. The van der Waals surface area contributed by atoms with Gasteiger partial charge in [-0.05, 0) is 24.1 Å². The van der Waals surface area contributed by atoms with Gasteiger partial charge in [0.15, 0.2) is 0 Å². The van der Waals surface area contributed by atoms with Gasteiger partial charge in [-0.15, -0.1) is 0 Å². The summed E-state index contributed by atoms with van der Waals surface area (Å²) < 4.78 is 9.90. The molecule has 1 aromatic rings. The second-order valence-corrected chi connectivity index (χ2v) is 4.21. The van der Waals surface area contributed by atoms with Gasteiger partial charge in [-0.1, -0.05) is 23.7 Å². The number of carbonyl (C=O) groups is 1. The molecule has 0 spiro atoms. The van der Waals surface area contributed by atoms with Gasteiger partial charge in [0.1, 0.15) is 6.61 Å². The van der Waals surface area contributed by atoms with Crippen molar-refractivity contribution in [1.82, 2.24) is 5.32 Å². The summed E-state index contributed by atoms with van der Waals surface area (Å²) in [7, 11) is 1.59. The number of methoxy groups -OCH3 is 1. The predicted molar refractivity (Wildman–Crippen MR) is 70.9 cm³/mol. The molecule has 1 N–H and O–H groups in total. The maximum atomic E-state index is 11.4. The standard InChI is InChI=1S/C13H18ClNO3/c1-17-7-8-18-10-13(16)15-6-5-11-3-2-4-12(14)9-11/h2-4,9H,5-8,10H2,1H3,(H,15,16). The molecule has 5 heteroatoms. The molecule has 0 atom stereocenters. The number of hydrogen-bond donors (Lipinski definition) is 1. The summed E-state index contributed by atoms with van der Waals surface area (Å²) in [4.78, 5) is 11.4. The number of benzene rings is 1. The Labute approximate surface area is 112 Å². The summed E-state index contributed by atoms with van der Waals surface area (Å²) in [6.07, 6.45) is 0.754. The fourth-order valence-corrected chi connectivity index (χ4v) is 1.61. The number of carbonyl (C=O) groups excluding carboxylic acids is 1. The van der Waals surface area contributed by atoms with Gasteiger partial charge in [0.05, 0.1) is 13.2 Å². The number of hydrogen-bond acceptors (Lipinski definition) is 3. The van der Waals surface area contributed by atoms with E-state index in [1.807, 2.05) is 24.3 Å². The number of halogens is 1. The number of nitrogens with one attached hydrogen (secondary N) is 1. The molecule has 0 aliphatic rings. The lowest BCUT2D eigenvalue weighted by molar-refractivity contribution is -0.126. The van der Waals surface area contributed by atoms with Gasteiger partial charge in [-0.25, -0.2) is 0 Å². The smallest absolute Gasteiger partial charge is 0.246 e.